The zero-order valence-corrected chi connectivity index (χ0v) is 18.0. The van der Waals surface area contributed by atoms with E-state index in [2.05, 4.69) is 6.92 Å². The minimum atomic E-state index is -3.47. The summed E-state index contributed by atoms with van der Waals surface area (Å²) in [6.45, 7) is 3.81. The number of ether oxygens (including phenoxy) is 3. The second-order valence-corrected chi connectivity index (χ2v) is 9.05. The Morgan fingerprint density at radius 2 is 1.73 bits per heavy atom. The standard InChI is InChI=1S/C23H26O6S/c1-3-11-28-12-13-29-21-7-4-17(5-8-21)18-6-9-22-20(15-18)16-19(23(24)27-2)10-14-30(22,25)26/h4-9,15-16H,3,10-14H2,1-2H3. The van der Waals surface area contributed by atoms with Crippen LogP contribution in [0.15, 0.2) is 52.9 Å². The van der Waals surface area contributed by atoms with Crippen LogP contribution in [0.1, 0.15) is 25.3 Å². The van der Waals surface area contributed by atoms with E-state index in [0.29, 0.717) is 24.4 Å². The van der Waals surface area contributed by atoms with Crippen LogP contribution in [0, 0.1) is 0 Å². The van der Waals surface area contributed by atoms with E-state index in [4.69, 9.17) is 14.2 Å². The Morgan fingerprint density at radius 1 is 1.00 bits per heavy atom. The van der Waals surface area contributed by atoms with Crippen molar-refractivity contribution in [3.05, 3.63) is 53.6 Å². The summed E-state index contributed by atoms with van der Waals surface area (Å²) < 4.78 is 41.0. The van der Waals surface area contributed by atoms with Crippen molar-refractivity contribution in [2.75, 3.05) is 32.7 Å². The lowest BCUT2D eigenvalue weighted by molar-refractivity contribution is -0.136. The maximum absolute atomic E-state index is 12.6. The van der Waals surface area contributed by atoms with Gasteiger partial charge in [-0.3, -0.25) is 0 Å². The summed E-state index contributed by atoms with van der Waals surface area (Å²) in [4.78, 5) is 12.2. The van der Waals surface area contributed by atoms with Crippen molar-refractivity contribution in [1.82, 2.24) is 0 Å². The van der Waals surface area contributed by atoms with Crippen LogP contribution in [0.2, 0.25) is 0 Å². The molecule has 2 aromatic carbocycles. The predicted octanol–water partition coefficient (Wildman–Crippen LogP) is 3.89. The first-order valence-electron chi connectivity index (χ1n) is 9.91. The van der Waals surface area contributed by atoms with Gasteiger partial charge in [0.1, 0.15) is 12.4 Å². The van der Waals surface area contributed by atoms with Crippen molar-refractivity contribution in [3.63, 3.8) is 0 Å². The summed E-state index contributed by atoms with van der Waals surface area (Å²) in [6, 6.07) is 12.7. The van der Waals surface area contributed by atoms with E-state index in [9.17, 15) is 13.2 Å². The topological polar surface area (TPSA) is 78.9 Å². The van der Waals surface area contributed by atoms with Gasteiger partial charge in [0.2, 0.25) is 0 Å². The van der Waals surface area contributed by atoms with Gasteiger partial charge in [-0.25, -0.2) is 13.2 Å². The molecule has 1 aliphatic rings. The molecule has 1 heterocycles. The highest BCUT2D eigenvalue weighted by Gasteiger charge is 2.25. The predicted molar refractivity (Wildman–Crippen MR) is 115 cm³/mol. The minimum absolute atomic E-state index is 0.117. The molecule has 1 aliphatic heterocycles. The number of carbonyl (C=O) groups excluding carboxylic acids is 1. The molecule has 0 N–H and O–H groups in total. The van der Waals surface area contributed by atoms with Crippen molar-refractivity contribution in [1.29, 1.82) is 0 Å². The highest BCUT2D eigenvalue weighted by molar-refractivity contribution is 7.91. The van der Waals surface area contributed by atoms with Crippen LogP contribution in [-0.2, 0) is 24.1 Å². The Kier molecular flexibility index (Phi) is 7.29. The minimum Gasteiger partial charge on any atom is -0.491 e. The zero-order valence-electron chi connectivity index (χ0n) is 17.2. The molecule has 3 rings (SSSR count). The van der Waals surface area contributed by atoms with Crippen molar-refractivity contribution in [2.24, 2.45) is 0 Å². The van der Waals surface area contributed by atoms with E-state index in [1.165, 1.54) is 7.11 Å². The molecule has 0 atom stereocenters. The third-order valence-corrected chi connectivity index (χ3v) is 6.58. The number of methoxy groups -OCH3 is 1. The summed E-state index contributed by atoms with van der Waals surface area (Å²) in [5.41, 5.74) is 2.62. The van der Waals surface area contributed by atoms with Gasteiger partial charge in [0.05, 0.1) is 24.4 Å². The molecule has 6 nitrogen and oxygen atoms in total. The first-order valence-corrected chi connectivity index (χ1v) is 11.6. The van der Waals surface area contributed by atoms with Gasteiger partial charge < -0.3 is 14.2 Å². The van der Waals surface area contributed by atoms with E-state index in [1.54, 1.807) is 24.3 Å². The van der Waals surface area contributed by atoms with Crippen molar-refractivity contribution in [2.45, 2.75) is 24.7 Å². The molecule has 0 radical (unpaired) electrons. The fourth-order valence-electron chi connectivity index (χ4n) is 3.24. The molecule has 0 saturated heterocycles. The molecule has 0 bridgehead atoms. The molecule has 0 unspecified atom stereocenters. The van der Waals surface area contributed by atoms with Crippen LogP contribution in [0.3, 0.4) is 0 Å². The lowest BCUT2D eigenvalue weighted by atomic mass is 10.0. The largest absolute Gasteiger partial charge is 0.491 e. The third kappa shape index (κ3) is 5.29. The van der Waals surface area contributed by atoms with Gasteiger partial charge in [0.25, 0.3) is 0 Å². The summed E-state index contributed by atoms with van der Waals surface area (Å²) in [5.74, 6) is 0.116. The smallest absolute Gasteiger partial charge is 0.333 e. The van der Waals surface area contributed by atoms with Crippen LogP contribution in [0.4, 0.5) is 0 Å². The van der Waals surface area contributed by atoms with Gasteiger partial charge in [-0.05, 0) is 59.9 Å². The lowest BCUT2D eigenvalue weighted by Gasteiger charge is -2.10. The average molecular weight is 431 g/mol. The highest BCUT2D eigenvalue weighted by atomic mass is 32.2. The monoisotopic (exact) mass is 430 g/mol. The molecule has 0 amide bonds. The van der Waals surface area contributed by atoms with Crippen LogP contribution in [-0.4, -0.2) is 47.1 Å². The molecule has 160 valence electrons. The maximum atomic E-state index is 12.6. The SMILES string of the molecule is CCCOCCOc1ccc(-c2ccc3c(c2)C=C(C(=O)OC)CCS3(=O)=O)cc1. The molecular formula is C23H26O6S. The van der Waals surface area contributed by atoms with Crippen LogP contribution < -0.4 is 4.74 Å². The highest BCUT2D eigenvalue weighted by Crippen LogP contribution is 2.31. The average Bonchev–Trinajstić information content (AvgIpc) is 2.89. The van der Waals surface area contributed by atoms with E-state index >= 15 is 0 Å². The molecule has 0 aromatic heterocycles. The quantitative estimate of drug-likeness (QED) is 0.467. The number of hydrogen-bond donors (Lipinski definition) is 0. The Bertz CT molecular complexity index is 1020. The Balaban J connectivity index is 1.82. The van der Waals surface area contributed by atoms with Crippen molar-refractivity contribution >= 4 is 21.9 Å². The van der Waals surface area contributed by atoms with Gasteiger partial charge in [-0.1, -0.05) is 25.1 Å². The molecule has 0 fully saturated rings. The number of sulfone groups is 1. The summed E-state index contributed by atoms with van der Waals surface area (Å²) in [5, 5.41) is 0. The second kappa shape index (κ2) is 9.91. The number of esters is 1. The Hall–Kier alpha value is -2.64. The number of carbonyl (C=O) groups is 1. The molecule has 0 saturated carbocycles. The van der Waals surface area contributed by atoms with Gasteiger partial charge in [-0.2, -0.15) is 0 Å². The maximum Gasteiger partial charge on any atom is 0.333 e. The molecule has 30 heavy (non-hydrogen) atoms. The molecule has 2 aromatic rings. The number of fused-ring (bicyclic) bond motifs is 1. The van der Waals surface area contributed by atoms with Crippen molar-refractivity contribution < 1.29 is 27.4 Å². The van der Waals surface area contributed by atoms with E-state index in [0.717, 1.165) is 29.9 Å². The molecular weight excluding hydrogens is 404 g/mol. The van der Waals surface area contributed by atoms with E-state index in [-0.39, 0.29) is 17.1 Å². The Morgan fingerprint density at radius 3 is 2.43 bits per heavy atom. The third-order valence-electron chi connectivity index (χ3n) is 4.79. The van der Waals surface area contributed by atoms with Crippen LogP contribution in [0.5, 0.6) is 5.75 Å². The number of benzene rings is 2. The Labute approximate surface area is 177 Å². The second-order valence-electron chi connectivity index (χ2n) is 6.97. The van der Waals surface area contributed by atoms with Crippen molar-refractivity contribution in [3.8, 4) is 16.9 Å². The molecule has 0 aliphatic carbocycles. The first-order chi connectivity index (χ1) is 14.4. The first kappa shape index (κ1) is 22.1. The van der Waals surface area contributed by atoms with E-state index in [1.807, 2.05) is 24.3 Å². The zero-order chi connectivity index (χ0) is 21.6. The lowest BCUT2D eigenvalue weighted by Crippen LogP contribution is -2.10. The van der Waals surface area contributed by atoms with Gasteiger partial charge >= 0.3 is 5.97 Å². The molecule has 0 spiro atoms. The number of hydrogen-bond acceptors (Lipinski definition) is 6. The fraction of sp³-hybridized carbons (Fsp3) is 0.348. The normalized spacial score (nSPS) is 14.9. The van der Waals surface area contributed by atoms with Crippen LogP contribution in [0.25, 0.3) is 17.2 Å². The fourth-order valence-corrected chi connectivity index (χ4v) is 4.70. The van der Waals surface area contributed by atoms with Gasteiger partial charge in [0.15, 0.2) is 9.84 Å². The number of rotatable bonds is 8. The summed E-state index contributed by atoms with van der Waals surface area (Å²) in [7, 11) is -2.18. The van der Waals surface area contributed by atoms with Crippen LogP contribution >= 0.6 is 0 Å². The molecule has 7 heteroatoms. The van der Waals surface area contributed by atoms with E-state index < -0.39 is 15.8 Å². The summed E-state index contributed by atoms with van der Waals surface area (Å²) in [6.07, 6.45) is 2.73. The van der Waals surface area contributed by atoms with Gasteiger partial charge in [-0.15, -0.1) is 0 Å². The summed E-state index contributed by atoms with van der Waals surface area (Å²) >= 11 is 0. The van der Waals surface area contributed by atoms with Gasteiger partial charge in [0, 0.05) is 12.2 Å².